The molecule has 1 amide bonds. The Morgan fingerprint density at radius 1 is 1.53 bits per heavy atom. The molecule has 0 aromatic heterocycles. The Morgan fingerprint density at radius 3 is 2.79 bits per heavy atom. The Bertz CT molecular complexity index is 514. The average molecular weight is 286 g/mol. The molecular weight excluding hydrogens is 273 g/mol. The lowest BCUT2D eigenvalue weighted by atomic mass is 10.1. The van der Waals surface area contributed by atoms with Crippen molar-refractivity contribution >= 4 is 23.5 Å². The molecule has 1 aromatic rings. The molecule has 1 saturated carbocycles. The fourth-order valence-corrected chi connectivity index (χ4v) is 2.52. The van der Waals surface area contributed by atoms with Crippen LogP contribution in [0.15, 0.2) is 18.2 Å². The van der Waals surface area contributed by atoms with Gasteiger partial charge in [-0.3, -0.25) is 9.59 Å². The first-order valence-electron chi connectivity index (χ1n) is 5.82. The molecule has 1 N–H and O–H groups in total. The van der Waals surface area contributed by atoms with Gasteiger partial charge in [0, 0.05) is 29.5 Å². The smallest absolute Gasteiger partial charge is 0.323 e. The maximum atomic E-state index is 13.7. The van der Waals surface area contributed by atoms with Crippen molar-refractivity contribution in [3.8, 4) is 0 Å². The number of amides is 1. The van der Waals surface area contributed by atoms with E-state index in [0.29, 0.717) is 17.0 Å². The molecule has 0 bridgehead atoms. The molecule has 4 nitrogen and oxygen atoms in total. The third-order valence-electron chi connectivity index (χ3n) is 3.23. The fourth-order valence-electron chi connectivity index (χ4n) is 2.22. The maximum Gasteiger partial charge on any atom is 0.323 e. The van der Waals surface area contributed by atoms with Gasteiger partial charge in [-0.1, -0.05) is 17.7 Å². The van der Waals surface area contributed by atoms with Crippen LogP contribution in [-0.4, -0.2) is 35.5 Å². The summed E-state index contributed by atoms with van der Waals surface area (Å²) in [4.78, 5) is 23.6. The van der Waals surface area contributed by atoms with E-state index in [-0.39, 0.29) is 24.3 Å². The first-order chi connectivity index (χ1) is 8.91. The van der Waals surface area contributed by atoms with E-state index in [9.17, 15) is 14.0 Å². The molecule has 1 aliphatic carbocycles. The second-order valence-corrected chi connectivity index (χ2v) is 5.08. The number of carbonyl (C=O) groups excluding carboxylic acids is 1. The van der Waals surface area contributed by atoms with Crippen LogP contribution in [0.5, 0.6) is 0 Å². The fraction of sp³-hybridized carbons (Fsp3) is 0.385. The van der Waals surface area contributed by atoms with Gasteiger partial charge in [0.2, 0.25) is 5.91 Å². The quantitative estimate of drug-likeness (QED) is 0.922. The molecule has 1 aromatic carbocycles. The number of carbonyl (C=O) groups is 2. The van der Waals surface area contributed by atoms with Gasteiger partial charge < -0.3 is 10.0 Å². The Labute approximate surface area is 114 Å². The van der Waals surface area contributed by atoms with E-state index in [2.05, 4.69) is 0 Å². The van der Waals surface area contributed by atoms with Crippen molar-refractivity contribution in [3.63, 3.8) is 0 Å². The van der Waals surface area contributed by atoms with E-state index in [4.69, 9.17) is 16.7 Å². The molecule has 0 heterocycles. The van der Waals surface area contributed by atoms with Crippen molar-refractivity contribution in [1.82, 2.24) is 4.90 Å². The summed E-state index contributed by atoms with van der Waals surface area (Å²) in [7, 11) is 1.43. The first-order valence-corrected chi connectivity index (χ1v) is 6.20. The zero-order valence-corrected chi connectivity index (χ0v) is 11.0. The number of nitrogens with zero attached hydrogens (tertiary/aromatic N) is 1. The second-order valence-electron chi connectivity index (χ2n) is 4.67. The number of hydrogen-bond donors (Lipinski definition) is 1. The molecular formula is C13H13ClFNO3. The van der Waals surface area contributed by atoms with Gasteiger partial charge in [-0.15, -0.1) is 0 Å². The van der Waals surface area contributed by atoms with E-state index >= 15 is 0 Å². The summed E-state index contributed by atoms with van der Waals surface area (Å²) in [6, 6.07) is 4.40. The highest BCUT2D eigenvalue weighted by Gasteiger charge is 2.47. The summed E-state index contributed by atoms with van der Waals surface area (Å²) in [5.74, 6) is -2.41. The molecule has 0 saturated heterocycles. The molecule has 0 spiro atoms. The predicted octanol–water partition coefficient (Wildman–Crippen LogP) is 2.13. The highest BCUT2D eigenvalue weighted by Crippen LogP contribution is 2.51. The lowest BCUT2D eigenvalue weighted by molar-refractivity contribution is -0.144. The highest BCUT2D eigenvalue weighted by molar-refractivity contribution is 6.31. The van der Waals surface area contributed by atoms with Gasteiger partial charge in [0.1, 0.15) is 12.4 Å². The number of rotatable bonds is 4. The van der Waals surface area contributed by atoms with Gasteiger partial charge in [-0.2, -0.15) is 0 Å². The monoisotopic (exact) mass is 285 g/mol. The van der Waals surface area contributed by atoms with Crippen LogP contribution in [0.4, 0.5) is 4.39 Å². The van der Waals surface area contributed by atoms with Crippen molar-refractivity contribution in [3.05, 3.63) is 34.6 Å². The van der Waals surface area contributed by atoms with Crippen molar-refractivity contribution in [2.45, 2.75) is 12.3 Å². The SMILES string of the molecule is CN(CC(=O)O)C(=O)[C@H]1C[C@H]1c1c(F)cccc1Cl. The molecule has 19 heavy (non-hydrogen) atoms. The lowest BCUT2D eigenvalue weighted by Gasteiger charge is -2.14. The molecule has 6 heteroatoms. The van der Waals surface area contributed by atoms with Gasteiger partial charge in [0.25, 0.3) is 0 Å². The van der Waals surface area contributed by atoms with Crippen LogP contribution in [0.3, 0.4) is 0 Å². The van der Waals surface area contributed by atoms with E-state index in [1.807, 2.05) is 0 Å². The number of hydrogen-bond acceptors (Lipinski definition) is 2. The Morgan fingerprint density at radius 2 is 2.21 bits per heavy atom. The van der Waals surface area contributed by atoms with Crippen molar-refractivity contribution in [2.24, 2.45) is 5.92 Å². The predicted molar refractivity (Wildman–Crippen MR) is 67.5 cm³/mol. The van der Waals surface area contributed by atoms with Crippen LogP contribution in [0.2, 0.25) is 5.02 Å². The number of halogens is 2. The largest absolute Gasteiger partial charge is 0.480 e. The van der Waals surface area contributed by atoms with Gasteiger partial charge in [0.05, 0.1) is 0 Å². The van der Waals surface area contributed by atoms with Crippen LogP contribution < -0.4 is 0 Å². The summed E-state index contributed by atoms with van der Waals surface area (Å²) in [6.07, 6.45) is 0.503. The third-order valence-corrected chi connectivity index (χ3v) is 3.56. The van der Waals surface area contributed by atoms with Crippen molar-refractivity contribution in [2.75, 3.05) is 13.6 Å². The summed E-state index contributed by atoms with van der Waals surface area (Å²) in [6.45, 7) is -0.354. The molecule has 0 aliphatic heterocycles. The van der Waals surface area contributed by atoms with E-state index < -0.39 is 11.8 Å². The molecule has 102 valence electrons. The lowest BCUT2D eigenvalue weighted by Crippen LogP contribution is -2.33. The van der Waals surface area contributed by atoms with Gasteiger partial charge in [-0.25, -0.2) is 4.39 Å². The van der Waals surface area contributed by atoms with E-state index in [1.54, 1.807) is 6.07 Å². The first kappa shape index (κ1) is 13.8. The Hall–Kier alpha value is -1.62. The minimum atomic E-state index is -1.07. The zero-order valence-electron chi connectivity index (χ0n) is 10.3. The highest BCUT2D eigenvalue weighted by atomic mass is 35.5. The topological polar surface area (TPSA) is 57.6 Å². The van der Waals surface area contributed by atoms with Crippen LogP contribution in [-0.2, 0) is 9.59 Å². The van der Waals surface area contributed by atoms with Gasteiger partial charge in [-0.05, 0) is 18.6 Å². The van der Waals surface area contributed by atoms with Crippen molar-refractivity contribution < 1.29 is 19.1 Å². The number of aliphatic carboxylic acids is 1. The van der Waals surface area contributed by atoms with Crippen LogP contribution in [0.25, 0.3) is 0 Å². The van der Waals surface area contributed by atoms with Crippen molar-refractivity contribution in [1.29, 1.82) is 0 Å². The molecule has 2 rings (SSSR count). The standard InChI is InChI=1S/C13H13ClFNO3/c1-16(6-11(17)18)13(19)8-5-7(8)12-9(14)3-2-4-10(12)15/h2-4,7-8H,5-6H2,1H3,(H,17,18)/t7-,8+/m1/s1. The summed E-state index contributed by atoms with van der Waals surface area (Å²) < 4.78 is 13.7. The molecule has 1 fully saturated rings. The molecule has 0 radical (unpaired) electrons. The summed E-state index contributed by atoms with van der Waals surface area (Å²) in [5, 5.41) is 8.94. The number of benzene rings is 1. The van der Waals surface area contributed by atoms with Crippen LogP contribution in [0, 0.1) is 11.7 Å². The van der Waals surface area contributed by atoms with E-state index in [0.717, 1.165) is 4.90 Å². The Kier molecular flexibility index (Phi) is 3.75. The van der Waals surface area contributed by atoms with Gasteiger partial charge >= 0.3 is 5.97 Å². The van der Waals surface area contributed by atoms with E-state index in [1.165, 1.54) is 19.2 Å². The minimum absolute atomic E-state index is 0.252. The summed E-state index contributed by atoms with van der Waals surface area (Å²) in [5.41, 5.74) is 0.353. The van der Waals surface area contributed by atoms with Crippen LogP contribution in [0.1, 0.15) is 17.9 Å². The number of carboxylic acid groups (broad SMARTS) is 1. The zero-order chi connectivity index (χ0) is 14.2. The normalized spacial score (nSPS) is 21.0. The maximum absolute atomic E-state index is 13.7. The third kappa shape index (κ3) is 2.87. The average Bonchev–Trinajstić information content (AvgIpc) is 3.07. The molecule has 1 aliphatic rings. The number of carboxylic acids is 1. The number of likely N-dealkylation sites (N-methyl/N-ethyl adjacent to an activating group) is 1. The molecule has 0 unspecified atom stereocenters. The summed E-state index contributed by atoms with van der Waals surface area (Å²) >= 11 is 5.94. The van der Waals surface area contributed by atoms with Crippen LogP contribution >= 0.6 is 11.6 Å². The molecule has 2 atom stereocenters. The Balaban J connectivity index is 2.09. The minimum Gasteiger partial charge on any atom is -0.480 e. The van der Waals surface area contributed by atoms with Gasteiger partial charge in [0.15, 0.2) is 0 Å². The second kappa shape index (κ2) is 5.17.